The van der Waals surface area contributed by atoms with Crippen molar-refractivity contribution in [2.24, 2.45) is 0 Å². The van der Waals surface area contributed by atoms with Crippen molar-refractivity contribution in [2.45, 2.75) is 63.2 Å². The van der Waals surface area contributed by atoms with E-state index < -0.39 is 10.0 Å². The molecule has 26 heavy (non-hydrogen) atoms. The topological polar surface area (TPSA) is 84.5 Å². The van der Waals surface area contributed by atoms with Gasteiger partial charge in [0.25, 0.3) is 0 Å². The number of hydrogen-bond donors (Lipinski definition) is 2. The quantitative estimate of drug-likeness (QED) is 0.482. The van der Waals surface area contributed by atoms with Crippen molar-refractivity contribution in [1.82, 2.24) is 10.0 Å². The van der Waals surface area contributed by atoms with Crippen LogP contribution >= 0.6 is 0 Å². The molecule has 0 aromatic heterocycles. The van der Waals surface area contributed by atoms with E-state index in [1.807, 2.05) is 0 Å². The number of benzene rings is 1. The predicted molar refractivity (Wildman–Crippen MR) is 104 cm³/mol. The Labute approximate surface area is 157 Å². The molecule has 0 saturated carbocycles. The predicted octanol–water partition coefficient (Wildman–Crippen LogP) is 3.23. The van der Waals surface area contributed by atoms with Gasteiger partial charge in [-0.3, -0.25) is 4.79 Å². The first kappa shape index (κ1) is 22.4. The smallest absolute Gasteiger partial charge is 0.240 e. The molecule has 0 fully saturated rings. The average molecular weight is 385 g/mol. The summed E-state index contributed by atoms with van der Waals surface area (Å²) in [7, 11) is -2.09. The van der Waals surface area contributed by atoms with Gasteiger partial charge in [-0.2, -0.15) is 0 Å². The molecule has 1 aromatic rings. The lowest BCUT2D eigenvalue weighted by atomic mass is 10.1. The van der Waals surface area contributed by atoms with Gasteiger partial charge in [0.1, 0.15) is 5.75 Å². The summed E-state index contributed by atoms with van der Waals surface area (Å²) in [6.45, 7) is 2.93. The molecule has 0 aliphatic carbocycles. The molecule has 2 N–H and O–H groups in total. The molecule has 0 heterocycles. The second-order valence-corrected chi connectivity index (χ2v) is 8.06. The van der Waals surface area contributed by atoms with Crippen molar-refractivity contribution in [1.29, 1.82) is 0 Å². The van der Waals surface area contributed by atoms with Crippen LogP contribution in [0.25, 0.3) is 0 Å². The largest absolute Gasteiger partial charge is 0.497 e. The van der Waals surface area contributed by atoms with E-state index in [0.29, 0.717) is 12.3 Å². The summed E-state index contributed by atoms with van der Waals surface area (Å²) in [5.74, 6) is 0.460. The minimum absolute atomic E-state index is 0.0806. The van der Waals surface area contributed by atoms with Gasteiger partial charge in [-0.1, -0.05) is 45.4 Å². The van der Waals surface area contributed by atoms with E-state index in [2.05, 4.69) is 17.0 Å². The van der Waals surface area contributed by atoms with Gasteiger partial charge in [0.05, 0.1) is 12.0 Å². The molecule has 0 aliphatic rings. The van der Waals surface area contributed by atoms with Crippen LogP contribution in [-0.4, -0.2) is 34.5 Å². The summed E-state index contributed by atoms with van der Waals surface area (Å²) in [5.41, 5.74) is 0. The number of ether oxygens (including phenoxy) is 1. The fourth-order valence-electron chi connectivity index (χ4n) is 2.54. The third kappa shape index (κ3) is 9.20. The van der Waals surface area contributed by atoms with Crippen LogP contribution in [-0.2, 0) is 14.8 Å². The number of nitrogens with one attached hydrogen (secondary N) is 2. The van der Waals surface area contributed by atoms with Crippen molar-refractivity contribution in [3.63, 3.8) is 0 Å². The second kappa shape index (κ2) is 12.7. The number of amides is 1. The van der Waals surface area contributed by atoms with E-state index in [1.165, 1.54) is 51.3 Å². The van der Waals surface area contributed by atoms with Gasteiger partial charge in [0.15, 0.2) is 0 Å². The fraction of sp³-hybridized carbons (Fsp3) is 0.632. The van der Waals surface area contributed by atoms with Gasteiger partial charge in [0, 0.05) is 19.5 Å². The molecule has 1 aromatic carbocycles. The van der Waals surface area contributed by atoms with E-state index in [9.17, 15) is 13.2 Å². The normalized spacial score (nSPS) is 11.3. The molecule has 0 bridgehead atoms. The van der Waals surface area contributed by atoms with Crippen LogP contribution < -0.4 is 14.8 Å². The lowest BCUT2D eigenvalue weighted by molar-refractivity contribution is -0.120. The van der Waals surface area contributed by atoms with E-state index in [1.54, 1.807) is 12.1 Å². The lowest BCUT2D eigenvalue weighted by Crippen LogP contribution is -2.31. The number of sulfonamides is 1. The number of carbonyl (C=O) groups excluding carboxylic acids is 1. The van der Waals surface area contributed by atoms with Crippen LogP contribution in [0.1, 0.15) is 58.3 Å². The van der Waals surface area contributed by atoms with E-state index >= 15 is 0 Å². The Balaban J connectivity index is 2.16. The van der Waals surface area contributed by atoms with Gasteiger partial charge >= 0.3 is 0 Å². The summed E-state index contributed by atoms with van der Waals surface area (Å²) >= 11 is 0. The second-order valence-electron chi connectivity index (χ2n) is 6.29. The zero-order valence-electron chi connectivity index (χ0n) is 15.9. The minimum Gasteiger partial charge on any atom is -0.497 e. The molecule has 0 saturated heterocycles. The van der Waals surface area contributed by atoms with Crippen LogP contribution in [0.2, 0.25) is 0 Å². The Morgan fingerprint density at radius 2 is 1.58 bits per heavy atom. The standard InChI is InChI=1S/C19H32N2O4S/c1-3-4-5-6-7-8-9-15-20-19(22)14-16-21-26(23,24)18-12-10-17(25-2)11-13-18/h10-13,21H,3-9,14-16H2,1-2H3,(H,20,22). The Morgan fingerprint density at radius 1 is 0.962 bits per heavy atom. The maximum Gasteiger partial charge on any atom is 0.240 e. The fourth-order valence-corrected chi connectivity index (χ4v) is 3.57. The van der Waals surface area contributed by atoms with Crippen molar-refractivity contribution in [2.75, 3.05) is 20.2 Å². The highest BCUT2D eigenvalue weighted by Crippen LogP contribution is 2.15. The maximum absolute atomic E-state index is 12.1. The Hall–Kier alpha value is -1.60. The number of rotatable bonds is 14. The summed E-state index contributed by atoms with van der Waals surface area (Å²) in [6.07, 6.45) is 8.51. The summed E-state index contributed by atoms with van der Waals surface area (Å²) in [5, 5.41) is 2.84. The molecule has 0 radical (unpaired) electrons. The zero-order valence-corrected chi connectivity index (χ0v) is 16.7. The first-order valence-electron chi connectivity index (χ1n) is 9.40. The van der Waals surface area contributed by atoms with Gasteiger partial charge in [0.2, 0.25) is 15.9 Å². The molecule has 1 amide bonds. The molecule has 0 aliphatic heterocycles. The monoisotopic (exact) mass is 384 g/mol. The van der Waals surface area contributed by atoms with Gasteiger partial charge in [-0.05, 0) is 30.7 Å². The van der Waals surface area contributed by atoms with Crippen molar-refractivity contribution >= 4 is 15.9 Å². The third-order valence-corrected chi connectivity index (χ3v) is 5.59. The first-order valence-corrected chi connectivity index (χ1v) is 10.9. The van der Waals surface area contributed by atoms with E-state index in [-0.39, 0.29) is 23.8 Å². The van der Waals surface area contributed by atoms with Crippen LogP contribution in [0, 0.1) is 0 Å². The van der Waals surface area contributed by atoms with Crippen molar-refractivity contribution in [3.8, 4) is 5.75 Å². The van der Waals surface area contributed by atoms with Crippen LogP contribution in [0.3, 0.4) is 0 Å². The molecule has 0 spiro atoms. The molecule has 0 atom stereocenters. The molecule has 7 heteroatoms. The summed E-state index contributed by atoms with van der Waals surface area (Å²) in [6, 6.07) is 6.12. The van der Waals surface area contributed by atoms with Crippen LogP contribution in [0.15, 0.2) is 29.2 Å². The third-order valence-electron chi connectivity index (χ3n) is 4.12. The Kier molecular flexibility index (Phi) is 11.0. The van der Waals surface area contributed by atoms with Gasteiger partial charge in [-0.15, -0.1) is 0 Å². The van der Waals surface area contributed by atoms with Crippen molar-refractivity contribution in [3.05, 3.63) is 24.3 Å². The first-order chi connectivity index (χ1) is 12.5. The minimum atomic E-state index is -3.61. The van der Waals surface area contributed by atoms with Crippen LogP contribution in [0.5, 0.6) is 5.75 Å². The van der Waals surface area contributed by atoms with Gasteiger partial charge in [-0.25, -0.2) is 13.1 Å². The molecule has 0 unspecified atom stereocenters. The summed E-state index contributed by atoms with van der Waals surface area (Å²) in [4.78, 5) is 11.9. The molecule has 148 valence electrons. The highest BCUT2D eigenvalue weighted by Gasteiger charge is 2.14. The lowest BCUT2D eigenvalue weighted by Gasteiger charge is -2.08. The Bertz CT molecular complexity index is 615. The maximum atomic E-state index is 12.1. The number of methoxy groups -OCH3 is 1. The highest BCUT2D eigenvalue weighted by molar-refractivity contribution is 7.89. The number of unbranched alkanes of at least 4 members (excludes halogenated alkanes) is 6. The number of carbonyl (C=O) groups is 1. The highest BCUT2D eigenvalue weighted by atomic mass is 32.2. The van der Waals surface area contributed by atoms with Gasteiger partial charge < -0.3 is 10.1 Å². The van der Waals surface area contributed by atoms with Crippen molar-refractivity contribution < 1.29 is 17.9 Å². The molecule has 1 rings (SSSR count). The van der Waals surface area contributed by atoms with E-state index in [4.69, 9.17) is 4.74 Å². The van der Waals surface area contributed by atoms with E-state index in [0.717, 1.165) is 12.8 Å². The molecular formula is C19H32N2O4S. The Morgan fingerprint density at radius 3 is 2.19 bits per heavy atom. The molecular weight excluding hydrogens is 352 g/mol. The molecule has 6 nitrogen and oxygen atoms in total. The number of hydrogen-bond acceptors (Lipinski definition) is 4. The summed E-state index contributed by atoms with van der Waals surface area (Å²) < 4.78 is 31.7. The average Bonchev–Trinajstić information content (AvgIpc) is 2.64. The zero-order chi connectivity index (χ0) is 19.3. The SMILES string of the molecule is CCCCCCCCCNC(=O)CCNS(=O)(=O)c1ccc(OC)cc1. The van der Waals surface area contributed by atoms with Crippen LogP contribution in [0.4, 0.5) is 0 Å².